The lowest BCUT2D eigenvalue weighted by Gasteiger charge is -2.18. The quantitative estimate of drug-likeness (QED) is 0.0262. The van der Waals surface area contributed by atoms with Crippen LogP contribution < -0.4 is 0 Å². The monoisotopic (exact) mass is 877 g/mol. The first-order valence-electron chi connectivity index (χ1n) is 26.1. The lowest BCUT2D eigenvalue weighted by molar-refractivity contribution is -0.167. The molecule has 0 radical (unpaired) electrons. The molecular formula is C57H96O6. The number of rotatable bonds is 46. The molecule has 360 valence electrons. The van der Waals surface area contributed by atoms with Crippen molar-refractivity contribution in [3.05, 3.63) is 85.1 Å². The summed E-state index contributed by atoms with van der Waals surface area (Å²) >= 11 is 0. The number of unbranched alkanes of at least 4 members (excludes halogenated alkanes) is 21. The van der Waals surface area contributed by atoms with E-state index in [1.165, 1.54) is 89.9 Å². The Morgan fingerprint density at radius 3 is 1.05 bits per heavy atom. The highest BCUT2D eigenvalue weighted by atomic mass is 16.6. The van der Waals surface area contributed by atoms with E-state index in [0.717, 1.165) is 109 Å². The Morgan fingerprint density at radius 1 is 0.333 bits per heavy atom. The third kappa shape index (κ3) is 49.5. The van der Waals surface area contributed by atoms with Gasteiger partial charge in [-0.1, -0.05) is 189 Å². The second-order valence-electron chi connectivity index (χ2n) is 17.0. The normalized spacial score (nSPS) is 12.7. The van der Waals surface area contributed by atoms with Crippen LogP contribution in [0.25, 0.3) is 0 Å². The van der Waals surface area contributed by atoms with Crippen LogP contribution in [0.3, 0.4) is 0 Å². The van der Waals surface area contributed by atoms with E-state index in [2.05, 4.69) is 106 Å². The molecule has 0 bridgehead atoms. The Kier molecular flexibility index (Phi) is 48.5. The van der Waals surface area contributed by atoms with E-state index in [0.29, 0.717) is 19.3 Å². The Hall–Kier alpha value is -3.41. The summed E-state index contributed by atoms with van der Waals surface area (Å²) in [6.07, 6.45) is 65.6. The van der Waals surface area contributed by atoms with Crippen LogP contribution in [-0.2, 0) is 28.6 Å². The summed E-state index contributed by atoms with van der Waals surface area (Å²) in [6, 6.07) is 0. The van der Waals surface area contributed by atoms with Crippen molar-refractivity contribution in [3.63, 3.8) is 0 Å². The van der Waals surface area contributed by atoms with Crippen LogP contribution in [0.4, 0.5) is 0 Å². The van der Waals surface area contributed by atoms with Gasteiger partial charge in [-0.15, -0.1) is 0 Å². The highest BCUT2D eigenvalue weighted by Crippen LogP contribution is 2.13. The van der Waals surface area contributed by atoms with Gasteiger partial charge in [0.05, 0.1) is 0 Å². The first-order chi connectivity index (χ1) is 31.0. The number of hydrogen-bond donors (Lipinski definition) is 0. The van der Waals surface area contributed by atoms with E-state index >= 15 is 0 Å². The third-order valence-electron chi connectivity index (χ3n) is 10.9. The van der Waals surface area contributed by atoms with Gasteiger partial charge in [-0.05, 0) is 116 Å². The van der Waals surface area contributed by atoms with Gasteiger partial charge in [-0.25, -0.2) is 0 Å². The van der Waals surface area contributed by atoms with Crippen molar-refractivity contribution in [1.29, 1.82) is 0 Å². The molecule has 1 atom stereocenters. The van der Waals surface area contributed by atoms with Crippen molar-refractivity contribution < 1.29 is 28.6 Å². The largest absolute Gasteiger partial charge is 0.462 e. The minimum Gasteiger partial charge on any atom is -0.462 e. The van der Waals surface area contributed by atoms with Crippen molar-refractivity contribution in [2.24, 2.45) is 0 Å². The summed E-state index contributed by atoms with van der Waals surface area (Å²) in [5, 5.41) is 0. The topological polar surface area (TPSA) is 78.9 Å². The molecule has 0 aliphatic carbocycles. The number of carbonyl (C=O) groups excluding carboxylic acids is 3. The van der Waals surface area contributed by atoms with Gasteiger partial charge >= 0.3 is 17.9 Å². The summed E-state index contributed by atoms with van der Waals surface area (Å²) in [6.45, 7) is 6.43. The number of hydrogen-bond acceptors (Lipinski definition) is 6. The highest BCUT2D eigenvalue weighted by molar-refractivity contribution is 5.71. The fraction of sp³-hybridized carbons (Fsp3) is 0.702. The van der Waals surface area contributed by atoms with Gasteiger partial charge in [-0.3, -0.25) is 14.4 Å². The lowest BCUT2D eigenvalue weighted by atomic mass is 10.1. The second-order valence-corrected chi connectivity index (χ2v) is 17.0. The molecule has 63 heavy (non-hydrogen) atoms. The van der Waals surface area contributed by atoms with Gasteiger partial charge in [0.25, 0.3) is 0 Å². The molecule has 0 fully saturated rings. The lowest BCUT2D eigenvalue weighted by Crippen LogP contribution is -2.30. The predicted molar refractivity (Wildman–Crippen MR) is 270 cm³/mol. The summed E-state index contributed by atoms with van der Waals surface area (Å²) < 4.78 is 16.8. The molecule has 0 saturated carbocycles. The fourth-order valence-corrected chi connectivity index (χ4v) is 6.93. The standard InChI is InChI=1S/C57H96O6/c1-4-7-10-13-16-19-22-25-28-31-34-37-40-43-46-49-55(58)61-52-54(63-57(60)51-48-45-42-39-36-33-30-27-24-21-18-15-12-9-6-3)53-62-56(59)50-47-44-41-38-35-32-29-26-23-20-17-14-11-8-5-2/h7,10,16-17,19-21,24-26,28-29,35,38,54H,4-6,8-9,11-15,18,22-23,27,30-34,36-37,39-53H2,1-3H3/b10-7-,19-16-,20-17-,24-21-,28-25-,29-26-,38-35-/t54-/m1/s1. The molecule has 0 N–H and O–H groups in total. The maximum Gasteiger partial charge on any atom is 0.306 e. The van der Waals surface area contributed by atoms with Gasteiger partial charge in [-0.2, -0.15) is 0 Å². The van der Waals surface area contributed by atoms with Gasteiger partial charge in [0, 0.05) is 19.3 Å². The van der Waals surface area contributed by atoms with Crippen molar-refractivity contribution in [2.45, 2.75) is 245 Å². The van der Waals surface area contributed by atoms with Crippen LogP contribution in [0, 0.1) is 0 Å². The van der Waals surface area contributed by atoms with Gasteiger partial charge in [0.2, 0.25) is 0 Å². The van der Waals surface area contributed by atoms with E-state index < -0.39 is 6.10 Å². The molecule has 6 nitrogen and oxygen atoms in total. The Bertz CT molecular complexity index is 1240. The molecule has 0 spiro atoms. The van der Waals surface area contributed by atoms with Crippen LogP contribution in [0.2, 0.25) is 0 Å². The number of allylic oxidation sites excluding steroid dienone is 14. The summed E-state index contributed by atoms with van der Waals surface area (Å²) in [5.74, 6) is -0.960. The van der Waals surface area contributed by atoms with Gasteiger partial charge < -0.3 is 14.2 Å². The van der Waals surface area contributed by atoms with Gasteiger partial charge in [0.1, 0.15) is 13.2 Å². The van der Waals surface area contributed by atoms with Crippen molar-refractivity contribution in [1.82, 2.24) is 0 Å². The molecule has 0 aliphatic heterocycles. The van der Waals surface area contributed by atoms with E-state index in [1.807, 2.05) is 0 Å². The number of esters is 3. The van der Waals surface area contributed by atoms with E-state index in [9.17, 15) is 14.4 Å². The maximum absolute atomic E-state index is 12.8. The molecule has 0 aromatic carbocycles. The van der Waals surface area contributed by atoms with Crippen LogP contribution in [0.15, 0.2) is 85.1 Å². The van der Waals surface area contributed by atoms with E-state index in [4.69, 9.17) is 14.2 Å². The smallest absolute Gasteiger partial charge is 0.306 e. The molecule has 6 heteroatoms. The third-order valence-corrected chi connectivity index (χ3v) is 10.9. The Morgan fingerprint density at radius 2 is 0.619 bits per heavy atom. The Labute approximate surface area is 388 Å². The molecular weight excluding hydrogens is 781 g/mol. The SMILES string of the molecule is CC/C=C\C/C=C\C/C=C\CCCCCCCC(=O)OC[C@H](COC(=O)CCCC/C=C\C/C=C\C/C=C\CCCCC)OC(=O)CCCCCCCCC/C=C\CCCCCC. The first kappa shape index (κ1) is 59.6. The second kappa shape index (κ2) is 51.2. The van der Waals surface area contributed by atoms with E-state index in [-0.39, 0.29) is 31.1 Å². The molecule has 0 aromatic heterocycles. The zero-order valence-electron chi connectivity index (χ0n) is 41.1. The summed E-state index contributed by atoms with van der Waals surface area (Å²) in [5.41, 5.74) is 0. The molecule has 0 aromatic rings. The van der Waals surface area contributed by atoms with E-state index in [1.54, 1.807) is 0 Å². The minimum atomic E-state index is -0.801. The fourth-order valence-electron chi connectivity index (χ4n) is 6.93. The summed E-state index contributed by atoms with van der Waals surface area (Å²) in [4.78, 5) is 38.0. The molecule has 0 saturated heterocycles. The zero-order chi connectivity index (χ0) is 45.8. The predicted octanol–water partition coefficient (Wildman–Crippen LogP) is 17.2. The van der Waals surface area contributed by atoms with Crippen molar-refractivity contribution >= 4 is 17.9 Å². The van der Waals surface area contributed by atoms with Crippen LogP contribution in [0.1, 0.15) is 239 Å². The number of carbonyl (C=O) groups is 3. The maximum atomic E-state index is 12.8. The van der Waals surface area contributed by atoms with Crippen molar-refractivity contribution in [2.75, 3.05) is 13.2 Å². The van der Waals surface area contributed by atoms with Crippen LogP contribution in [0.5, 0.6) is 0 Å². The number of ether oxygens (including phenoxy) is 3. The molecule has 0 heterocycles. The van der Waals surface area contributed by atoms with Crippen LogP contribution in [-0.4, -0.2) is 37.2 Å². The van der Waals surface area contributed by atoms with Crippen molar-refractivity contribution in [3.8, 4) is 0 Å². The zero-order valence-corrected chi connectivity index (χ0v) is 41.1. The first-order valence-corrected chi connectivity index (χ1v) is 26.1. The summed E-state index contributed by atoms with van der Waals surface area (Å²) in [7, 11) is 0. The van der Waals surface area contributed by atoms with Crippen LogP contribution >= 0.6 is 0 Å². The molecule has 0 rings (SSSR count). The highest BCUT2D eigenvalue weighted by Gasteiger charge is 2.19. The average Bonchev–Trinajstić information content (AvgIpc) is 3.28. The molecule has 0 unspecified atom stereocenters. The molecule has 0 aliphatic rings. The molecule has 0 amide bonds. The average molecular weight is 877 g/mol. The minimum absolute atomic E-state index is 0.0999. The Balaban J connectivity index is 4.48. The van der Waals surface area contributed by atoms with Gasteiger partial charge in [0.15, 0.2) is 6.10 Å².